The van der Waals surface area contributed by atoms with E-state index in [2.05, 4.69) is 44.0 Å². The molecule has 0 radical (unpaired) electrons. The number of aromatic nitrogens is 1. The van der Waals surface area contributed by atoms with Crippen LogP contribution in [0.1, 0.15) is 31.9 Å². The number of fused-ring (bicyclic) bond motifs is 1. The molecule has 2 N–H and O–H groups in total. The maximum absolute atomic E-state index is 8.92. The summed E-state index contributed by atoms with van der Waals surface area (Å²) in [5, 5.41) is 9.87. The Labute approximate surface area is 107 Å². The van der Waals surface area contributed by atoms with Gasteiger partial charge >= 0.3 is 0 Å². The lowest BCUT2D eigenvalue weighted by Crippen LogP contribution is -2.09. The fourth-order valence-electron chi connectivity index (χ4n) is 2.04. The van der Waals surface area contributed by atoms with E-state index in [1.165, 1.54) is 5.56 Å². The van der Waals surface area contributed by atoms with Crippen molar-refractivity contribution in [2.45, 2.75) is 27.2 Å². The molecule has 0 fully saturated rings. The van der Waals surface area contributed by atoms with Crippen LogP contribution in [0, 0.1) is 16.7 Å². The molecule has 0 saturated carbocycles. The van der Waals surface area contributed by atoms with Crippen molar-refractivity contribution in [2.75, 3.05) is 5.73 Å². The van der Waals surface area contributed by atoms with Crippen molar-refractivity contribution in [1.29, 1.82) is 5.26 Å². The highest BCUT2D eigenvalue weighted by atomic mass is 14.8. The summed E-state index contributed by atoms with van der Waals surface area (Å²) in [6.45, 7) is 6.62. The van der Waals surface area contributed by atoms with E-state index in [-0.39, 0.29) is 5.41 Å². The fraction of sp³-hybridized carbons (Fsp3) is 0.333. The number of nitrogens with two attached hydrogens (primary N) is 1. The predicted octanol–water partition coefficient (Wildman–Crippen LogP) is 3.28. The third-order valence-corrected chi connectivity index (χ3v) is 2.77. The monoisotopic (exact) mass is 239 g/mol. The molecule has 2 aromatic rings. The van der Waals surface area contributed by atoms with Crippen LogP contribution in [0.25, 0.3) is 10.9 Å². The summed E-state index contributed by atoms with van der Waals surface area (Å²) in [6.07, 6.45) is 0.991. The van der Waals surface area contributed by atoms with Gasteiger partial charge in [0.25, 0.3) is 0 Å². The molecule has 0 aliphatic rings. The quantitative estimate of drug-likeness (QED) is 0.830. The maximum atomic E-state index is 8.92. The number of hydrogen-bond donors (Lipinski definition) is 1. The van der Waals surface area contributed by atoms with Gasteiger partial charge in [-0.1, -0.05) is 32.9 Å². The third-order valence-electron chi connectivity index (χ3n) is 2.77. The highest BCUT2D eigenvalue weighted by molar-refractivity contribution is 5.83. The van der Waals surface area contributed by atoms with E-state index in [0.717, 1.165) is 17.3 Å². The largest absolute Gasteiger partial charge is 0.383 e. The Morgan fingerprint density at radius 2 is 2.00 bits per heavy atom. The number of benzene rings is 1. The molecular weight excluding hydrogens is 222 g/mol. The molecule has 18 heavy (non-hydrogen) atoms. The lowest BCUT2D eigenvalue weighted by Gasteiger charge is -2.18. The smallest absolute Gasteiger partial charge is 0.142 e. The van der Waals surface area contributed by atoms with Gasteiger partial charge in [0, 0.05) is 5.39 Å². The summed E-state index contributed by atoms with van der Waals surface area (Å²) in [7, 11) is 0. The minimum atomic E-state index is 0.242. The van der Waals surface area contributed by atoms with Crippen LogP contribution in [0.15, 0.2) is 24.3 Å². The Balaban J connectivity index is 2.50. The van der Waals surface area contributed by atoms with Gasteiger partial charge in [-0.3, -0.25) is 0 Å². The lowest BCUT2D eigenvalue weighted by molar-refractivity contribution is 0.411. The number of rotatable bonds is 1. The van der Waals surface area contributed by atoms with Gasteiger partial charge in [0.05, 0.1) is 11.1 Å². The Bertz CT molecular complexity index is 630. The first-order chi connectivity index (χ1) is 8.39. The van der Waals surface area contributed by atoms with Gasteiger partial charge < -0.3 is 5.73 Å². The van der Waals surface area contributed by atoms with E-state index < -0.39 is 0 Å². The number of hydrogen-bond acceptors (Lipinski definition) is 3. The van der Waals surface area contributed by atoms with Crippen LogP contribution in [0.4, 0.5) is 5.82 Å². The van der Waals surface area contributed by atoms with Crippen LogP contribution < -0.4 is 5.73 Å². The zero-order chi connectivity index (χ0) is 13.3. The van der Waals surface area contributed by atoms with Gasteiger partial charge in [0.2, 0.25) is 0 Å². The molecule has 0 saturated heterocycles. The fourth-order valence-corrected chi connectivity index (χ4v) is 2.04. The van der Waals surface area contributed by atoms with Crippen LogP contribution in [0.2, 0.25) is 0 Å². The highest BCUT2D eigenvalue weighted by Gasteiger charge is 2.12. The maximum Gasteiger partial charge on any atom is 0.142 e. The van der Waals surface area contributed by atoms with Crippen LogP contribution in [0.5, 0.6) is 0 Å². The van der Waals surface area contributed by atoms with Crippen molar-refractivity contribution in [3.05, 3.63) is 35.4 Å². The standard InChI is InChI=1S/C15H17N3/c1-15(2,3)8-10-4-5-11-7-12(9-16)14(17)18-13(11)6-10/h4-7H,8H2,1-3H3,(H2,17,18). The summed E-state index contributed by atoms with van der Waals surface area (Å²) in [6, 6.07) is 9.99. The molecule has 3 nitrogen and oxygen atoms in total. The van der Waals surface area contributed by atoms with Crippen LogP contribution in [-0.4, -0.2) is 4.98 Å². The molecule has 0 unspecified atom stereocenters. The van der Waals surface area contributed by atoms with Crippen molar-refractivity contribution < 1.29 is 0 Å². The minimum absolute atomic E-state index is 0.242. The molecule has 0 aliphatic heterocycles. The summed E-state index contributed by atoms with van der Waals surface area (Å²) in [4.78, 5) is 4.29. The van der Waals surface area contributed by atoms with Gasteiger partial charge in [-0.05, 0) is 29.5 Å². The van der Waals surface area contributed by atoms with Gasteiger partial charge in [-0.15, -0.1) is 0 Å². The van der Waals surface area contributed by atoms with Gasteiger partial charge in [0.1, 0.15) is 11.9 Å². The lowest BCUT2D eigenvalue weighted by atomic mass is 9.88. The summed E-state index contributed by atoms with van der Waals surface area (Å²) >= 11 is 0. The number of nitrogen functional groups attached to an aromatic ring is 1. The van der Waals surface area contributed by atoms with Crippen LogP contribution in [-0.2, 0) is 6.42 Å². The van der Waals surface area contributed by atoms with Crippen molar-refractivity contribution in [1.82, 2.24) is 4.98 Å². The van der Waals surface area contributed by atoms with E-state index in [1.54, 1.807) is 6.07 Å². The summed E-state index contributed by atoms with van der Waals surface area (Å²) in [5.41, 5.74) is 8.52. The molecule has 1 aromatic carbocycles. The molecule has 1 aromatic heterocycles. The van der Waals surface area contributed by atoms with Crippen LogP contribution >= 0.6 is 0 Å². The van der Waals surface area contributed by atoms with Crippen LogP contribution in [0.3, 0.4) is 0 Å². The Kier molecular flexibility index (Phi) is 2.96. The number of anilines is 1. The van der Waals surface area contributed by atoms with E-state index in [1.807, 2.05) is 6.07 Å². The minimum Gasteiger partial charge on any atom is -0.383 e. The van der Waals surface area contributed by atoms with Crippen molar-refractivity contribution in [3.8, 4) is 6.07 Å². The number of nitrogens with zero attached hydrogens (tertiary/aromatic N) is 2. The molecule has 0 bridgehead atoms. The van der Waals surface area contributed by atoms with E-state index in [4.69, 9.17) is 11.0 Å². The normalized spacial score (nSPS) is 11.4. The molecule has 1 heterocycles. The van der Waals surface area contributed by atoms with E-state index in [0.29, 0.717) is 11.4 Å². The van der Waals surface area contributed by atoms with Crippen molar-refractivity contribution >= 4 is 16.7 Å². The van der Waals surface area contributed by atoms with E-state index in [9.17, 15) is 0 Å². The topological polar surface area (TPSA) is 62.7 Å². The Hall–Kier alpha value is -2.08. The highest BCUT2D eigenvalue weighted by Crippen LogP contribution is 2.24. The molecule has 0 aliphatic carbocycles. The van der Waals surface area contributed by atoms with Crippen molar-refractivity contribution in [3.63, 3.8) is 0 Å². The zero-order valence-corrected chi connectivity index (χ0v) is 11.0. The second-order valence-electron chi connectivity index (χ2n) is 5.80. The predicted molar refractivity (Wildman–Crippen MR) is 74.0 cm³/mol. The van der Waals surface area contributed by atoms with Gasteiger partial charge in [0.15, 0.2) is 0 Å². The van der Waals surface area contributed by atoms with E-state index >= 15 is 0 Å². The average Bonchev–Trinajstić information content (AvgIpc) is 2.25. The zero-order valence-electron chi connectivity index (χ0n) is 11.0. The molecule has 3 heteroatoms. The SMILES string of the molecule is CC(C)(C)Cc1ccc2cc(C#N)c(N)nc2c1. The molecule has 2 rings (SSSR count). The second kappa shape index (κ2) is 4.30. The average molecular weight is 239 g/mol. The first kappa shape index (κ1) is 12.4. The Morgan fingerprint density at radius 1 is 1.28 bits per heavy atom. The third kappa shape index (κ3) is 2.60. The number of pyridine rings is 1. The summed E-state index contributed by atoms with van der Waals surface area (Å²) in [5.74, 6) is 0.304. The van der Waals surface area contributed by atoms with Gasteiger partial charge in [-0.2, -0.15) is 5.26 Å². The first-order valence-electron chi connectivity index (χ1n) is 5.98. The second-order valence-corrected chi connectivity index (χ2v) is 5.80. The first-order valence-corrected chi connectivity index (χ1v) is 5.98. The number of nitriles is 1. The molecule has 0 spiro atoms. The van der Waals surface area contributed by atoms with Crippen molar-refractivity contribution in [2.24, 2.45) is 5.41 Å². The molecule has 92 valence electrons. The summed E-state index contributed by atoms with van der Waals surface area (Å²) < 4.78 is 0. The molecular formula is C15H17N3. The Morgan fingerprint density at radius 3 is 2.61 bits per heavy atom. The molecule has 0 amide bonds. The van der Waals surface area contributed by atoms with Gasteiger partial charge in [-0.25, -0.2) is 4.98 Å². The molecule has 0 atom stereocenters.